The van der Waals surface area contributed by atoms with E-state index >= 15 is 0 Å². The van der Waals surface area contributed by atoms with Crippen molar-refractivity contribution in [1.82, 2.24) is 0 Å². The number of carbonyl (C=O) groups is 1. The highest BCUT2D eigenvalue weighted by Crippen LogP contribution is 1.99. The molecule has 0 aliphatic heterocycles. The molecule has 2 atom stereocenters. The number of hydrogen-bond acceptors (Lipinski definition) is 3. The highest BCUT2D eigenvalue weighted by molar-refractivity contribution is 9.09. The summed E-state index contributed by atoms with van der Waals surface area (Å²) in [5.41, 5.74) is 0. The van der Waals surface area contributed by atoms with Crippen LogP contribution in [0.25, 0.3) is 0 Å². The van der Waals surface area contributed by atoms with Crippen molar-refractivity contribution in [2.75, 3.05) is 7.11 Å². The van der Waals surface area contributed by atoms with Crippen LogP contribution in [0.3, 0.4) is 0 Å². The zero-order valence-corrected chi connectivity index (χ0v) is 9.00. The molecule has 0 aromatic carbocycles. The number of carbonyl (C=O) groups excluding carboxylic acids is 1. The third-order valence-corrected chi connectivity index (χ3v) is 1.42. The molecule has 0 fully saturated rings. The Balaban J connectivity index is 3.74. The first kappa shape index (κ1) is 11.6. The molecule has 12 heavy (non-hydrogen) atoms. The van der Waals surface area contributed by atoms with Crippen LogP contribution in [0.5, 0.6) is 0 Å². The Morgan fingerprint density at radius 3 is 2.50 bits per heavy atom. The fourth-order valence-electron chi connectivity index (χ4n) is 0.462. The van der Waals surface area contributed by atoms with Crippen molar-refractivity contribution < 1.29 is 14.3 Å². The predicted molar refractivity (Wildman–Crippen MR) is 50.1 cm³/mol. The van der Waals surface area contributed by atoms with Crippen molar-refractivity contribution in [3.8, 4) is 0 Å². The predicted octanol–water partition coefficient (Wildman–Crippen LogP) is 1.86. The Bertz CT molecular complexity index is 166. The molecule has 0 aliphatic carbocycles. The molecule has 0 spiro atoms. The lowest BCUT2D eigenvalue weighted by atomic mass is 10.4. The maximum absolute atomic E-state index is 10.9. The fraction of sp³-hybridized carbons (Fsp3) is 0.625. The van der Waals surface area contributed by atoms with Gasteiger partial charge in [-0.3, -0.25) is 0 Å². The van der Waals surface area contributed by atoms with Gasteiger partial charge in [-0.2, -0.15) is 0 Å². The minimum absolute atomic E-state index is 0.169. The Kier molecular flexibility index (Phi) is 6.02. The lowest BCUT2D eigenvalue weighted by Crippen LogP contribution is -2.14. The van der Waals surface area contributed by atoms with Gasteiger partial charge in [0, 0.05) is 18.0 Å². The zero-order chi connectivity index (χ0) is 9.56. The molecular weight excluding hydrogens is 224 g/mol. The number of alkyl halides is 1. The average molecular weight is 237 g/mol. The second-order valence-electron chi connectivity index (χ2n) is 2.28. The molecule has 0 aromatic rings. The van der Waals surface area contributed by atoms with Crippen LogP contribution in [0.2, 0.25) is 0 Å². The molecule has 0 rings (SSSR count). The van der Waals surface area contributed by atoms with E-state index < -0.39 is 12.3 Å². The van der Waals surface area contributed by atoms with E-state index in [9.17, 15) is 4.79 Å². The van der Waals surface area contributed by atoms with Crippen LogP contribution in [0.15, 0.2) is 12.2 Å². The number of methoxy groups -OCH3 is 1. The summed E-state index contributed by atoms with van der Waals surface area (Å²) in [4.78, 5) is 11.1. The summed E-state index contributed by atoms with van der Waals surface area (Å²) < 4.78 is 9.52. The highest BCUT2D eigenvalue weighted by atomic mass is 79.9. The summed E-state index contributed by atoms with van der Waals surface area (Å²) in [5.74, 6) is -0.393. The quantitative estimate of drug-likeness (QED) is 0.324. The van der Waals surface area contributed by atoms with E-state index in [1.807, 2.05) is 6.92 Å². The summed E-state index contributed by atoms with van der Waals surface area (Å²) >= 11 is 3.26. The van der Waals surface area contributed by atoms with Crippen molar-refractivity contribution in [1.29, 1.82) is 0 Å². The first-order valence-corrected chi connectivity index (χ1v) is 4.53. The molecule has 0 bridgehead atoms. The molecule has 0 saturated carbocycles. The second kappa shape index (κ2) is 6.20. The van der Waals surface area contributed by atoms with Gasteiger partial charge in [0.1, 0.15) is 0 Å². The SMILES string of the molecule is COC(C)OC(=O)/C=C/C(C)Br. The standard InChI is InChI=1S/C8H13BrO3/c1-6(9)4-5-8(10)12-7(2)11-3/h4-7H,1-3H3/b5-4+. The zero-order valence-electron chi connectivity index (χ0n) is 7.41. The molecule has 3 nitrogen and oxygen atoms in total. The van der Waals surface area contributed by atoms with Crippen LogP contribution in [0, 0.1) is 0 Å². The van der Waals surface area contributed by atoms with Gasteiger partial charge in [-0.1, -0.05) is 22.0 Å². The highest BCUT2D eigenvalue weighted by Gasteiger charge is 2.03. The molecule has 0 saturated heterocycles. The Morgan fingerprint density at radius 1 is 1.50 bits per heavy atom. The molecule has 0 amide bonds. The van der Waals surface area contributed by atoms with Gasteiger partial charge in [-0.05, 0) is 13.8 Å². The maximum Gasteiger partial charge on any atom is 0.332 e. The van der Waals surface area contributed by atoms with Gasteiger partial charge in [0.15, 0.2) is 6.29 Å². The van der Waals surface area contributed by atoms with Gasteiger partial charge < -0.3 is 9.47 Å². The topological polar surface area (TPSA) is 35.5 Å². The minimum Gasteiger partial charge on any atom is -0.433 e. The van der Waals surface area contributed by atoms with E-state index in [1.165, 1.54) is 13.2 Å². The number of hydrogen-bond donors (Lipinski definition) is 0. The summed E-state index contributed by atoms with van der Waals surface area (Å²) in [6, 6.07) is 0. The van der Waals surface area contributed by atoms with Crippen molar-refractivity contribution in [3.63, 3.8) is 0 Å². The molecule has 4 heteroatoms. The molecule has 0 radical (unpaired) electrons. The Hall–Kier alpha value is -0.350. The lowest BCUT2D eigenvalue weighted by molar-refractivity contribution is -0.163. The Morgan fingerprint density at radius 2 is 2.08 bits per heavy atom. The smallest absolute Gasteiger partial charge is 0.332 e. The summed E-state index contributed by atoms with van der Waals surface area (Å²) in [7, 11) is 1.48. The molecule has 0 aliphatic rings. The van der Waals surface area contributed by atoms with Gasteiger partial charge in [-0.25, -0.2) is 4.79 Å². The van der Waals surface area contributed by atoms with Gasteiger partial charge in [0.2, 0.25) is 0 Å². The summed E-state index contributed by atoms with van der Waals surface area (Å²) in [6.45, 7) is 3.56. The van der Waals surface area contributed by atoms with E-state index in [2.05, 4.69) is 15.9 Å². The monoisotopic (exact) mass is 236 g/mol. The van der Waals surface area contributed by atoms with Crippen LogP contribution in [0.1, 0.15) is 13.8 Å². The molecule has 2 unspecified atom stereocenters. The van der Waals surface area contributed by atoms with E-state index in [4.69, 9.17) is 9.47 Å². The van der Waals surface area contributed by atoms with Crippen LogP contribution in [-0.2, 0) is 14.3 Å². The van der Waals surface area contributed by atoms with E-state index in [-0.39, 0.29) is 4.83 Å². The van der Waals surface area contributed by atoms with Crippen molar-refractivity contribution in [2.45, 2.75) is 25.0 Å². The van der Waals surface area contributed by atoms with Crippen molar-refractivity contribution in [2.24, 2.45) is 0 Å². The van der Waals surface area contributed by atoms with E-state index in [1.54, 1.807) is 13.0 Å². The van der Waals surface area contributed by atoms with Gasteiger partial charge in [-0.15, -0.1) is 0 Å². The number of halogens is 1. The summed E-state index contributed by atoms with van der Waals surface area (Å²) in [5, 5.41) is 0. The molecule has 0 heterocycles. The number of ether oxygens (including phenoxy) is 2. The van der Waals surface area contributed by atoms with Crippen LogP contribution < -0.4 is 0 Å². The Labute approximate surface area is 80.9 Å². The third-order valence-electron chi connectivity index (χ3n) is 1.11. The largest absolute Gasteiger partial charge is 0.433 e. The normalized spacial score (nSPS) is 16.0. The maximum atomic E-state index is 10.9. The van der Waals surface area contributed by atoms with Gasteiger partial charge >= 0.3 is 5.97 Å². The van der Waals surface area contributed by atoms with Crippen molar-refractivity contribution >= 4 is 21.9 Å². The fourth-order valence-corrected chi connectivity index (χ4v) is 0.615. The van der Waals surface area contributed by atoms with Crippen LogP contribution in [-0.4, -0.2) is 24.2 Å². The van der Waals surface area contributed by atoms with Crippen LogP contribution >= 0.6 is 15.9 Å². The minimum atomic E-state index is -0.493. The van der Waals surface area contributed by atoms with E-state index in [0.29, 0.717) is 0 Å². The van der Waals surface area contributed by atoms with Crippen LogP contribution in [0.4, 0.5) is 0 Å². The molecule has 70 valence electrons. The number of rotatable bonds is 4. The number of allylic oxidation sites excluding steroid dienone is 1. The molecule has 0 N–H and O–H groups in total. The molecule has 0 aromatic heterocycles. The first-order chi connectivity index (χ1) is 5.56. The van der Waals surface area contributed by atoms with Gasteiger partial charge in [0.05, 0.1) is 0 Å². The average Bonchev–Trinajstić information content (AvgIpc) is 2.00. The lowest BCUT2D eigenvalue weighted by Gasteiger charge is -2.08. The second-order valence-corrected chi connectivity index (χ2v) is 3.72. The molecular formula is C8H13BrO3. The van der Waals surface area contributed by atoms with Crippen molar-refractivity contribution in [3.05, 3.63) is 12.2 Å². The summed E-state index contributed by atoms with van der Waals surface area (Å²) in [6.07, 6.45) is 2.58. The number of esters is 1. The third kappa shape index (κ3) is 6.37. The first-order valence-electron chi connectivity index (χ1n) is 3.62. The van der Waals surface area contributed by atoms with Gasteiger partial charge in [0.25, 0.3) is 0 Å². The van der Waals surface area contributed by atoms with E-state index in [0.717, 1.165) is 0 Å².